The molecule has 1 aliphatic carbocycles. The number of aryl methyl sites for hydroxylation is 1. The lowest BCUT2D eigenvalue weighted by molar-refractivity contribution is 0.501. The highest BCUT2D eigenvalue weighted by molar-refractivity contribution is 5.63. The zero-order chi connectivity index (χ0) is 13.3. The molecule has 18 heavy (non-hydrogen) atoms. The van der Waals surface area contributed by atoms with E-state index in [4.69, 9.17) is 5.73 Å². The second-order valence-corrected chi connectivity index (χ2v) is 6.27. The molecule has 0 fully saturated rings. The Morgan fingerprint density at radius 1 is 1.39 bits per heavy atom. The second kappa shape index (κ2) is 4.77. The van der Waals surface area contributed by atoms with Crippen LogP contribution in [0.1, 0.15) is 56.3 Å². The standard InChI is InChI=1S/C16H24N2/c1-11(18-16(2,3)4)12-8-9-14-13(10-12)6-5-7-15(14)17/h8-10,15,18H,1,5-7,17H2,2-4H3. The fourth-order valence-corrected chi connectivity index (χ4v) is 2.56. The fourth-order valence-electron chi connectivity index (χ4n) is 2.56. The van der Waals surface area contributed by atoms with Gasteiger partial charge in [-0.3, -0.25) is 0 Å². The molecule has 1 aliphatic rings. The summed E-state index contributed by atoms with van der Waals surface area (Å²) in [6.45, 7) is 10.6. The topological polar surface area (TPSA) is 38.0 Å². The minimum atomic E-state index is 0.0450. The van der Waals surface area contributed by atoms with E-state index in [1.807, 2.05) is 0 Å². The smallest absolute Gasteiger partial charge is 0.0344 e. The molecule has 0 amide bonds. The molecule has 3 N–H and O–H groups in total. The van der Waals surface area contributed by atoms with Crippen molar-refractivity contribution in [3.05, 3.63) is 41.5 Å². The molecule has 2 heteroatoms. The van der Waals surface area contributed by atoms with Crippen LogP contribution in [0.3, 0.4) is 0 Å². The summed E-state index contributed by atoms with van der Waals surface area (Å²) < 4.78 is 0. The van der Waals surface area contributed by atoms with Crippen molar-refractivity contribution < 1.29 is 0 Å². The first kappa shape index (κ1) is 13.2. The highest BCUT2D eigenvalue weighted by Crippen LogP contribution is 2.29. The lowest BCUT2D eigenvalue weighted by atomic mass is 9.87. The predicted molar refractivity (Wildman–Crippen MR) is 78.2 cm³/mol. The molecule has 1 atom stereocenters. The largest absolute Gasteiger partial charge is 0.380 e. The highest BCUT2D eigenvalue weighted by Gasteiger charge is 2.18. The van der Waals surface area contributed by atoms with Gasteiger partial charge in [-0.2, -0.15) is 0 Å². The third-order valence-corrected chi connectivity index (χ3v) is 3.38. The summed E-state index contributed by atoms with van der Waals surface area (Å²) in [6.07, 6.45) is 3.43. The van der Waals surface area contributed by atoms with Crippen LogP contribution in [0.2, 0.25) is 0 Å². The lowest BCUT2D eigenvalue weighted by Gasteiger charge is -2.26. The quantitative estimate of drug-likeness (QED) is 0.837. The number of rotatable bonds is 2. The van der Waals surface area contributed by atoms with Crippen LogP contribution in [0.4, 0.5) is 0 Å². The number of fused-ring (bicyclic) bond motifs is 1. The van der Waals surface area contributed by atoms with Crippen molar-refractivity contribution in [2.45, 2.75) is 51.6 Å². The van der Waals surface area contributed by atoms with E-state index in [1.165, 1.54) is 23.1 Å². The Morgan fingerprint density at radius 2 is 2.11 bits per heavy atom. The van der Waals surface area contributed by atoms with Crippen LogP contribution in [0.5, 0.6) is 0 Å². The molecule has 1 unspecified atom stereocenters. The van der Waals surface area contributed by atoms with E-state index in [-0.39, 0.29) is 11.6 Å². The number of hydrogen-bond donors (Lipinski definition) is 2. The van der Waals surface area contributed by atoms with Crippen molar-refractivity contribution in [2.75, 3.05) is 0 Å². The van der Waals surface area contributed by atoms with Gasteiger partial charge in [0.1, 0.15) is 0 Å². The molecule has 1 aromatic rings. The van der Waals surface area contributed by atoms with Crippen LogP contribution in [0.25, 0.3) is 5.70 Å². The number of nitrogens with two attached hydrogens (primary N) is 1. The molecular weight excluding hydrogens is 220 g/mol. The summed E-state index contributed by atoms with van der Waals surface area (Å²) >= 11 is 0. The summed E-state index contributed by atoms with van der Waals surface area (Å²) in [5.41, 5.74) is 11.1. The van der Waals surface area contributed by atoms with Gasteiger partial charge < -0.3 is 11.1 Å². The molecule has 0 heterocycles. The van der Waals surface area contributed by atoms with E-state index < -0.39 is 0 Å². The summed E-state index contributed by atoms with van der Waals surface area (Å²) in [4.78, 5) is 0. The third-order valence-electron chi connectivity index (χ3n) is 3.38. The van der Waals surface area contributed by atoms with Crippen LogP contribution < -0.4 is 11.1 Å². The van der Waals surface area contributed by atoms with Crippen molar-refractivity contribution in [1.29, 1.82) is 0 Å². The van der Waals surface area contributed by atoms with Crippen LogP contribution in [-0.2, 0) is 6.42 Å². The minimum Gasteiger partial charge on any atom is -0.380 e. The molecule has 1 aromatic carbocycles. The third kappa shape index (κ3) is 2.94. The van der Waals surface area contributed by atoms with Crippen LogP contribution in [0, 0.1) is 0 Å². The van der Waals surface area contributed by atoms with Crippen molar-refractivity contribution in [2.24, 2.45) is 5.73 Å². The van der Waals surface area contributed by atoms with E-state index >= 15 is 0 Å². The van der Waals surface area contributed by atoms with Crippen LogP contribution in [0.15, 0.2) is 24.8 Å². The van der Waals surface area contributed by atoms with Gasteiger partial charge in [-0.25, -0.2) is 0 Å². The van der Waals surface area contributed by atoms with Gasteiger partial charge in [-0.05, 0) is 62.8 Å². The Bertz CT molecular complexity index is 455. The molecule has 2 nitrogen and oxygen atoms in total. The van der Waals surface area contributed by atoms with Gasteiger partial charge in [0.05, 0.1) is 0 Å². The van der Waals surface area contributed by atoms with Crippen molar-refractivity contribution >= 4 is 5.70 Å². The number of benzene rings is 1. The lowest BCUT2D eigenvalue weighted by Crippen LogP contribution is -2.34. The average Bonchev–Trinajstić information content (AvgIpc) is 2.26. The molecule has 0 spiro atoms. The van der Waals surface area contributed by atoms with E-state index in [1.54, 1.807) is 0 Å². The zero-order valence-corrected chi connectivity index (χ0v) is 11.7. The van der Waals surface area contributed by atoms with Gasteiger partial charge in [0.15, 0.2) is 0 Å². The molecule has 98 valence electrons. The Morgan fingerprint density at radius 3 is 2.78 bits per heavy atom. The predicted octanol–water partition coefficient (Wildman–Crippen LogP) is 3.38. The van der Waals surface area contributed by atoms with Crippen LogP contribution >= 0.6 is 0 Å². The molecule has 0 saturated heterocycles. The van der Waals surface area contributed by atoms with E-state index in [9.17, 15) is 0 Å². The number of nitrogens with one attached hydrogen (secondary N) is 1. The molecule has 2 rings (SSSR count). The first-order valence-corrected chi connectivity index (χ1v) is 6.73. The maximum absolute atomic E-state index is 6.14. The van der Waals surface area contributed by atoms with E-state index in [2.05, 4.69) is 50.9 Å². The maximum atomic E-state index is 6.14. The van der Waals surface area contributed by atoms with Crippen molar-refractivity contribution in [3.63, 3.8) is 0 Å². The van der Waals surface area contributed by atoms with Gasteiger partial charge in [0.2, 0.25) is 0 Å². The molecule has 0 saturated carbocycles. The highest BCUT2D eigenvalue weighted by atomic mass is 15.0. The Hall–Kier alpha value is -1.28. The average molecular weight is 244 g/mol. The Balaban J connectivity index is 2.23. The maximum Gasteiger partial charge on any atom is 0.0344 e. The molecule has 0 bridgehead atoms. The molecule has 0 aromatic heterocycles. The van der Waals surface area contributed by atoms with Gasteiger partial charge >= 0.3 is 0 Å². The van der Waals surface area contributed by atoms with E-state index in [0.717, 1.165) is 18.5 Å². The van der Waals surface area contributed by atoms with Crippen molar-refractivity contribution in [3.8, 4) is 0 Å². The van der Waals surface area contributed by atoms with Gasteiger partial charge in [0.25, 0.3) is 0 Å². The monoisotopic (exact) mass is 244 g/mol. The summed E-state index contributed by atoms with van der Waals surface area (Å²) in [5.74, 6) is 0. The van der Waals surface area contributed by atoms with Crippen molar-refractivity contribution in [1.82, 2.24) is 5.32 Å². The van der Waals surface area contributed by atoms with Gasteiger partial charge in [0, 0.05) is 17.3 Å². The Kier molecular flexibility index (Phi) is 3.49. The number of hydrogen-bond acceptors (Lipinski definition) is 2. The zero-order valence-electron chi connectivity index (χ0n) is 11.7. The summed E-state index contributed by atoms with van der Waals surface area (Å²) in [6, 6.07) is 6.76. The molecular formula is C16H24N2. The Labute approximate surface area is 110 Å². The van der Waals surface area contributed by atoms with E-state index in [0.29, 0.717) is 0 Å². The summed E-state index contributed by atoms with van der Waals surface area (Å²) in [5, 5.41) is 3.43. The fraction of sp³-hybridized carbons (Fsp3) is 0.500. The first-order valence-electron chi connectivity index (χ1n) is 6.73. The SMILES string of the molecule is C=C(NC(C)(C)C)c1ccc2c(c1)CCCC2N. The normalized spacial score (nSPS) is 19.2. The van der Waals surface area contributed by atoms with Gasteiger partial charge in [-0.1, -0.05) is 18.7 Å². The molecule has 0 radical (unpaired) electrons. The first-order chi connectivity index (χ1) is 8.37. The molecule has 0 aliphatic heterocycles. The summed E-state index contributed by atoms with van der Waals surface area (Å²) in [7, 11) is 0. The van der Waals surface area contributed by atoms with Gasteiger partial charge in [-0.15, -0.1) is 0 Å². The van der Waals surface area contributed by atoms with Crippen LogP contribution in [-0.4, -0.2) is 5.54 Å². The second-order valence-electron chi connectivity index (χ2n) is 6.27. The minimum absolute atomic E-state index is 0.0450.